The zero-order valence-electron chi connectivity index (χ0n) is 13.0. The second-order valence-corrected chi connectivity index (χ2v) is 6.13. The molecule has 21 heavy (non-hydrogen) atoms. The van der Waals surface area contributed by atoms with E-state index in [2.05, 4.69) is 24.0 Å². The molecule has 0 aromatic heterocycles. The highest BCUT2D eigenvalue weighted by Gasteiger charge is 2.36. The van der Waals surface area contributed by atoms with E-state index in [0.29, 0.717) is 0 Å². The van der Waals surface area contributed by atoms with Crippen LogP contribution in [0.1, 0.15) is 38.7 Å². The maximum atomic E-state index is 11.2. The molecule has 0 saturated carbocycles. The lowest BCUT2D eigenvalue weighted by molar-refractivity contribution is -0.150. The van der Waals surface area contributed by atoms with Gasteiger partial charge in [0.15, 0.2) is 0 Å². The molecule has 1 aliphatic rings. The summed E-state index contributed by atoms with van der Waals surface area (Å²) in [6, 6.07) is 8.21. The molecule has 1 fully saturated rings. The first-order valence-corrected chi connectivity index (χ1v) is 7.71. The summed E-state index contributed by atoms with van der Waals surface area (Å²) in [6.07, 6.45) is 2.46. The van der Waals surface area contributed by atoms with Gasteiger partial charge in [0.05, 0.1) is 12.0 Å². The highest BCUT2D eigenvalue weighted by atomic mass is 16.5. The molecule has 0 unspecified atom stereocenters. The van der Waals surface area contributed by atoms with Crippen LogP contribution in [0.4, 0.5) is 0 Å². The predicted octanol–water partition coefficient (Wildman–Crippen LogP) is 3.16. The van der Waals surface area contributed by atoms with E-state index in [0.717, 1.165) is 51.3 Å². The SMILES string of the molecule is CCCOc1ccc(CN2CCC(C)(C(=O)O)CC2)cc1. The molecule has 0 radical (unpaired) electrons. The Bertz CT molecular complexity index is 461. The maximum absolute atomic E-state index is 11.2. The minimum Gasteiger partial charge on any atom is -0.494 e. The molecule has 2 rings (SSSR count). The van der Waals surface area contributed by atoms with Crippen LogP contribution in [0.2, 0.25) is 0 Å². The number of aliphatic carboxylic acids is 1. The quantitative estimate of drug-likeness (QED) is 0.874. The summed E-state index contributed by atoms with van der Waals surface area (Å²) in [5.41, 5.74) is 0.701. The van der Waals surface area contributed by atoms with Gasteiger partial charge < -0.3 is 9.84 Å². The van der Waals surface area contributed by atoms with Crippen molar-refractivity contribution < 1.29 is 14.6 Å². The Morgan fingerprint density at radius 1 is 1.29 bits per heavy atom. The van der Waals surface area contributed by atoms with Crippen molar-refractivity contribution in [1.29, 1.82) is 0 Å². The average Bonchev–Trinajstić information content (AvgIpc) is 2.49. The average molecular weight is 291 g/mol. The Balaban J connectivity index is 1.84. The Hall–Kier alpha value is -1.55. The van der Waals surface area contributed by atoms with Crippen LogP contribution < -0.4 is 4.74 Å². The van der Waals surface area contributed by atoms with Crippen LogP contribution in [0.3, 0.4) is 0 Å². The topological polar surface area (TPSA) is 49.8 Å². The van der Waals surface area contributed by atoms with Crippen molar-refractivity contribution in [2.75, 3.05) is 19.7 Å². The highest BCUT2D eigenvalue weighted by molar-refractivity contribution is 5.74. The van der Waals surface area contributed by atoms with Gasteiger partial charge in [-0.1, -0.05) is 19.1 Å². The van der Waals surface area contributed by atoms with E-state index in [-0.39, 0.29) is 0 Å². The number of hydrogen-bond acceptors (Lipinski definition) is 3. The van der Waals surface area contributed by atoms with Crippen LogP contribution in [0.5, 0.6) is 5.75 Å². The fourth-order valence-electron chi connectivity index (χ4n) is 2.59. The lowest BCUT2D eigenvalue weighted by atomic mass is 9.80. The standard InChI is InChI=1S/C17H25NO3/c1-3-12-21-15-6-4-14(5-7-15)13-18-10-8-17(2,9-11-18)16(19)20/h4-7H,3,8-13H2,1-2H3,(H,19,20). The zero-order chi connectivity index (χ0) is 15.3. The second-order valence-electron chi connectivity index (χ2n) is 6.13. The van der Waals surface area contributed by atoms with E-state index in [1.807, 2.05) is 19.1 Å². The van der Waals surface area contributed by atoms with Crippen molar-refractivity contribution >= 4 is 5.97 Å². The van der Waals surface area contributed by atoms with Crippen LogP contribution in [0.25, 0.3) is 0 Å². The molecule has 4 heteroatoms. The first-order valence-electron chi connectivity index (χ1n) is 7.71. The van der Waals surface area contributed by atoms with Crippen LogP contribution >= 0.6 is 0 Å². The first-order chi connectivity index (χ1) is 10.0. The number of rotatable bonds is 6. The molecule has 0 bridgehead atoms. The van der Waals surface area contributed by atoms with Gasteiger partial charge in [-0.15, -0.1) is 0 Å². The number of benzene rings is 1. The van der Waals surface area contributed by atoms with E-state index in [4.69, 9.17) is 4.74 Å². The third kappa shape index (κ3) is 4.21. The van der Waals surface area contributed by atoms with Gasteiger partial charge in [-0.2, -0.15) is 0 Å². The number of nitrogens with zero attached hydrogens (tertiary/aromatic N) is 1. The molecule has 1 heterocycles. The molecule has 1 aromatic rings. The van der Waals surface area contributed by atoms with E-state index in [1.54, 1.807) is 0 Å². The van der Waals surface area contributed by atoms with E-state index in [9.17, 15) is 9.90 Å². The summed E-state index contributed by atoms with van der Waals surface area (Å²) in [6.45, 7) is 7.26. The second kappa shape index (κ2) is 6.94. The largest absolute Gasteiger partial charge is 0.494 e. The summed E-state index contributed by atoms with van der Waals surface area (Å²) in [5.74, 6) is 0.247. The van der Waals surface area contributed by atoms with E-state index in [1.165, 1.54) is 5.56 Å². The predicted molar refractivity (Wildman–Crippen MR) is 82.5 cm³/mol. The summed E-state index contributed by atoms with van der Waals surface area (Å²) >= 11 is 0. The van der Waals surface area contributed by atoms with Crippen molar-refractivity contribution in [1.82, 2.24) is 4.90 Å². The van der Waals surface area contributed by atoms with Crippen molar-refractivity contribution in [3.63, 3.8) is 0 Å². The van der Waals surface area contributed by atoms with Crippen LogP contribution in [-0.4, -0.2) is 35.7 Å². The molecule has 1 saturated heterocycles. The van der Waals surface area contributed by atoms with Crippen LogP contribution in [-0.2, 0) is 11.3 Å². The monoisotopic (exact) mass is 291 g/mol. The van der Waals surface area contributed by atoms with Crippen LogP contribution in [0.15, 0.2) is 24.3 Å². The number of ether oxygens (including phenoxy) is 1. The lowest BCUT2D eigenvalue weighted by Crippen LogP contribution is -2.42. The molecule has 0 amide bonds. The van der Waals surface area contributed by atoms with Gasteiger partial charge in [-0.25, -0.2) is 0 Å². The fourth-order valence-corrected chi connectivity index (χ4v) is 2.59. The number of hydrogen-bond donors (Lipinski definition) is 1. The first kappa shape index (κ1) is 15.8. The summed E-state index contributed by atoms with van der Waals surface area (Å²) < 4.78 is 5.57. The zero-order valence-corrected chi connectivity index (χ0v) is 13.0. The molecular formula is C17H25NO3. The molecule has 4 nitrogen and oxygen atoms in total. The number of carbonyl (C=O) groups is 1. The minimum atomic E-state index is -0.667. The summed E-state index contributed by atoms with van der Waals surface area (Å²) in [7, 11) is 0. The van der Waals surface area contributed by atoms with Crippen LogP contribution in [0, 0.1) is 5.41 Å². The summed E-state index contributed by atoms with van der Waals surface area (Å²) in [4.78, 5) is 13.6. The van der Waals surface area contributed by atoms with Gasteiger partial charge in [0.1, 0.15) is 5.75 Å². The molecular weight excluding hydrogens is 266 g/mol. The Kier molecular flexibility index (Phi) is 5.23. The number of piperidine rings is 1. The molecule has 1 aliphatic heterocycles. The maximum Gasteiger partial charge on any atom is 0.309 e. The normalized spacial score (nSPS) is 18.4. The Morgan fingerprint density at radius 3 is 2.43 bits per heavy atom. The molecule has 0 aliphatic carbocycles. The smallest absolute Gasteiger partial charge is 0.309 e. The Labute approximate surface area is 126 Å². The molecule has 0 atom stereocenters. The van der Waals surface area contributed by atoms with Gasteiger partial charge in [-0.3, -0.25) is 9.69 Å². The number of carboxylic acid groups (broad SMARTS) is 1. The minimum absolute atomic E-state index is 0.547. The van der Waals surface area contributed by atoms with Gasteiger partial charge in [0.25, 0.3) is 0 Å². The van der Waals surface area contributed by atoms with Crippen molar-refractivity contribution in [3.8, 4) is 5.75 Å². The van der Waals surface area contributed by atoms with Gasteiger partial charge in [0.2, 0.25) is 0 Å². The van der Waals surface area contributed by atoms with Crippen molar-refractivity contribution in [2.24, 2.45) is 5.41 Å². The van der Waals surface area contributed by atoms with Gasteiger partial charge in [-0.05, 0) is 57.0 Å². The van der Waals surface area contributed by atoms with Crippen molar-refractivity contribution in [3.05, 3.63) is 29.8 Å². The third-order valence-electron chi connectivity index (χ3n) is 4.28. The fraction of sp³-hybridized carbons (Fsp3) is 0.588. The van der Waals surface area contributed by atoms with Gasteiger partial charge in [0, 0.05) is 6.54 Å². The molecule has 0 spiro atoms. The van der Waals surface area contributed by atoms with Gasteiger partial charge >= 0.3 is 5.97 Å². The number of likely N-dealkylation sites (tertiary alicyclic amines) is 1. The van der Waals surface area contributed by atoms with E-state index < -0.39 is 11.4 Å². The lowest BCUT2D eigenvalue weighted by Gasteiger charge is -2.36. The highest BCUT2D eigenvalue weighted by Crippen LogP contribution is 2.31. The third-order valence-corrected chi connectivity index (χ3v) is 4.28. The van der Waals surface area contributed by atoms with E-state index >= 15 is 0 Å². The molecule has 1 N–H and O–H groups in total. The molecule has 116 valence electrons. The summed E-state index contributed by atoms with van der Waals surface area (Å²) in [5, 5.41) is 9.24. The Morgan fingerprint density at radius 2 is 1.90 bits per heavy atom. The van der Waals surface area contributed by atoms with Crippen molar-refractivity contribution in [2.45, 2.75) is 39.7 Å². The molecule has 1 aromatic carbocycles. The number of carboxylic acids is 1.